The summed E-state index contributed by atoms with van der Waals surface area (Å²) in [7, 11) is -3.52. The van der Waals surface area contributed by atoms with E-state index in [-0.39, 0.29) is 11.5 Å². The number of nitrogens with zero attached hydrogens (tertiary/aromatic N) is 1. The highest BCUT2D eigenvalue weighted by Crippen LogP contribution is 2.30. The van der Waals surface area contributed by atoms with Crippen LogP contribution in [0.4, 0.5) is 0 Å². The number of benzene rings is 1. The van der Waals surface area contributed by atoms with Gasteiger partial charge in [-0.15, -0.1) is 0 Å². The standard InChI is InChI=1S/C14H20BrNO3S/c1-10-5-11(2)8-16(7-10)20(18,19)14-6-12(9-17)3-4-13(14)15/h3-4,6,10-11,17H,5,7-9H2,1-2H3. The first-order valence-electron chi connectivity index (χ1n) is 6.74. The Morgan fingerprint density at radius 3 is 2.45 bits per heavy atom. The van der Waals surface area contributed by atoms with Crippen molar-refractivity contribution in [1.82, 2.24) is 4.31 Å². The largest absolute Gasteiger partial charge is 0.392 e. The van der Waals surface area contributed by atoms with Crippen molar-refractivity contribution in [2.45, 2.75) is 31.8 Å². The van der Waals surface area contributed by atoms with Crippen LogP contribution in [0.15, 0.2) is 27.6 Å². The first kappa shape index (κ1) is 15.9. The Hall–Kier alpha value is -0.430. The number of piperidine rings is 1. The van der Waals surface area contributed by atoms with Gasteiger partial charge in [0.15, 0.2) is 0 Å². The monoisotopic (exact) mass is 361 g/mol. The Balaban J connectivity index is 2.39. The number of hydrogen-bond acceptors (Lipinski definition) is 3. The third-order valence-corrected chi connectivity index (χ3v) is 6.46. The van der Waals surface area contributed by atoms with Crippen molar-refractivity contribution in [2.24, 2.45) is 11.8 Å². The first-order chi connectivity index (χ1) is 9.34. The number of hydrogen-bond donors (Lipinski definition) is 1. The van der Waals surface area contributed by atoms with Gasteiger partial charge in [-0.2, -0.15) is 4.31 Å². The molecular weight excluding hydrogens is 342 g/mol. The van der Waals surface area contributed by atoms with Crippen LogP contribution >= 0.6 is 15.9 Å². The molecule has 2 rings (SSSR count). The average molecular weight is 362 g/mol. The molecule has 4 nitrogen and oxygen atoms in total. The number of sulfonamides is 1. The zero-order valence-corrected chi connectivity index (χ0v) is 14.1. The molecule has 112 valence electrons. The van der Waals surface area contributed by atoms with Gasteiger partial charge in [-0.3, -0.25) is 0 Å². The number of rotatable bonds is 3. The average Bonchev–Trinajstić information content (AvgIpc) is 2.38. The third-order valence-electron chi connectivity index (χ3n) is 3.63. The van der Waals surface area contributed by atoms with Crippen LogP contribution in [0.1, 0.15) is 25.8 Å². The molecule has 1 aliphatic rings. The van der Waals surface area contributed by atoms with E-state index in [2.05, 4.69) is 29.8 Å². The van der Waals surface area contributed by atoms with Crippen LogP contribution in [0.3, 0.4) is 0 Å². The van der Waals surface area contributed by atoms with Crippen molar-refractivity contribution in [2.75, 3.05) is 13.1 Å². The maximum atomic E-state index is 12.8. The van der Waals surface area contributed by atoms with Crippen molar-refractivity contribution in [3.63, 3.8) is 0 Å². The van der Waals surface area contributed by atoms with Gasteiger partial charge in [-0.1, -0.05) is 19.9 Å². The molecule has 0 bridgehead atoms. The molecule has 2 unspecified atom stereocenters. The molecule has 0 spiro atoms. The summed E-state index contributed by atoms with van der Waals surface area (Å²) in [5, 5.41) is 9.19. The van der Waals surface area contributed by atoms with E-state index in [9.17, 15) is 13.5 Å². The third kappa shape index (κ3) is 3.24. The van der Waals surface area contributed by atoms with Gasteiger partial charge in [0.25, 0.3) is 0 Å². The first-order valence-corrected chi connectivity index (χ1v) is 8.97. The fourth-order valence-electron chi connectivity index (χ4n) is 2.78. The molecule has 1 aliphatic heterocycles. The summed E-state index contributed by atoms with van der Waals surface area (Å²) in [4.78, 5) is 0.241. The quantitative estimate of drug-likeness (QED) is 0.899. The molecule has 1 saturated heterocycles. The van der Waals surface area contributed by atoms with Gasteiger partial charge < -0.3 is 5.11 Å². The lowest BCUT2D eigenvalue weighted by molar-refractivity contribution is 0.222. The lowest BCUT2D eigenvalue weighted by Crippen LogP contribution is -2.42. The SMILES string of the molecule is CC1CC(C)CN(S(=O)(=O)c2cc(CO)ccc2Br)C1. The van der Waals surface area contributed by atoms with Crippen LogP contribution in [0, 0.1) is 11.8 Å². The van der Waals surface area contributed by atoms with Gasteiger partial charge in [-0.05, 0) is 51.9 Å². The summed E-state index contributed by atoms with van der Waals surface area (Å²) in [5.41, 5.74) is 0.602. The minimum Gasteiger partial charge on any atom is -0.392 e. The van der Waals surface area contributed by atoms with Crippen LogP contribution < -0.4 is 0 Å². The van der Waals surface area contributed by atoms with Crippen LogP contribution in [0.2, 0.25) is 0 Å². The molecule has 1 aromatic carbocycles. The number of aliphatic hydroxyl groups is 1. The molecule has 0 saturated carbocycles. The Morgan fingerprint density at radius 2 is 1.90 bits per heavy atom. The van der Waals surface area contributed by atoms with Gasteiger partial charge in [0.2, 0.25) is 10.0 Å². The maximum absolute atomic E-state index is 12.8. The summed E-state index contributed by atoms with van der Waals surface area (Å²) >= 11 is 3.30. The molecule has 0 amide bonds. The molecule has 1 aromatic rings. The summed E-state index contributed by atoms with van der Waals surface area (Å²) in [6.45, 7) is 5.11. The van der Waals surface area contributed by atoms with Crippen LogP contribution in [0.5, 0.6) is 0 Å². The molecule has 0 aliphatic carbocycles. The van der Waals surface area contributed by atoms with Gasteiger partial charge in [0, 0.05) is 17.6 Å². The van der Waals surface area contributed by atoms with E-state index in [0.29, 0.717) is 35.0 Å². The molecular formula is C14H20BrNO3S. The van der Waals surface area contributed by atoms with Gasteiger partial charge >= 0.3 is 0 Å². The Labute approximate surface area is 129 Å². The van der Waals surface area contributed by atoms with E-state index in [1.807, 2.05) is 0 Å². The second-order valence-electron chi connectivity index (χ2n) is 5.69. The molecule has 0 radical (unpaired) electrons. The highest BCUT2D eigenvalue weighted by molar-refractivity contribution is 9.10. The molecule has 1 heterocycles. The molecule has 20 heavy (non-hydrogen) atoms. The number of aliphatic hydroxyl groups excluding tert-OH is 1. The van der Waals surface area contributed by atoms with Gasteiger partial charge in [0.05, 0.1) is 11.5 Å². The fourth-order valence-corrected chi connectivity index (χ4v) is 5.44. The Morgan fingerprint density at radius 1 is 1.30 bits per heavy atom. The minimum absolute atomic E-state index is 0.164. The smallest absolute Gasteiger partial charge is 0.244 e. The van der Waals surface area contributed by atoms with Crippen molar-refractivity contribution in [1.29, 1.82) is 0 Å². The molecule has 2 atom stereocenters. The van der Waals surface area contributed by atoms with Gasteiger partial charge in [0.1, 0.15) is 0 Å². The van der Waals surface area contributed by atoms with Crippen molar-refractivity contribution in [3.8, 4) is 0 Å². The van der Waals surface area contributed by atoms with E-state index < -0.39 is 10.0 Å². The second-order valence-corrected chi connectivity index (χ2v) is 8.45. The second kappa shape index (κ2) is 6.13. The topological polar surface area (TPSA) is 57.6 Å². The van der Waals surface area contributed by atoms with E-state index >= 15 is 0 Å². The predicted octanol–water partition coefficient (Wildman–Crippen LogP) is 2.61. The molecule has 1 fully saturated rings. The Kier molecular flexibility index (Phi) is 4.89. The summed E-state index contributed by atoms with van der Waals surface area (Å²) in [6.07, 6.45) is 1.06. The van der Waals surface area contributed by atoms with Crippen LogP contribution in [-0.4, -0.2) is 30.9 Å². The molecule has 1 N–H and O–H groups in total. The summed E-state index contributed by atoms with van der Waals surface area (Å²) in [6, 6.07) is 4.93. The Bertz CT molecular complexity index is 578. The van der Waals surface area contributed by atoms with E-state index in [1.165, 1.54) is 0 Å². The summed E-state index contributed by atoms with van der Waals surface area (Å²) in [5.74, 6) is 0.738. The minimum atomic E-state index is -3.52. The van der Waals surface area contributed by atoms with Crippen LogP contribution in [-0.2, 0) is 16.6 Å². The molecule has 0 aromatic heterocycles. The van der Waals surface area contributed by atoms with Crippen molar-refractivity contribution >= 4 is 26.0 Å². The van der Waals surface area contributed by atoms with Crippen LogP contribution in [0.25, 0.3) is 0 Å². The normalized spacial score (nSPS) is 24.8. The van der Waals surface area contributed by atoms with Gasteiger partial charge in [-0.25, -0.2) is 8.42 Å². The predicted molar refractivity (Wildman–Crippen MR) is 81.8 cm³/mol. The van der Waals surface area contributed by atoms with E-state index in [4.69, 9.17) is 0 Å². The number of halogens is 1. The van der Waals surface area contributed by atoms with E-state index in [0.717, 1.165) is 6.42 Å². The van der Waals surface area contributed by atoms with Crippen molar-refractivity contribution in [3.05, 3.63) is 28.2 Å². The molecule has 6 heteroatoms. The maximum Gasteiger partial charge on any atom is 0.244 e. The lowest BCUT2D eigenvalue weighted by atomic mass is 9.94. The zero-order valence-electron chi connectivity index (χ0n) is 11.7. The highest BCUT2D eigenvalue weighted by atomic mass is 79.9. The lowest BCUT2D eigenvalue weighted by Gasteiger charge is -2.34. The summed E-state index contributed by atoms with van der Waals surface area (Å²) < 4.78 is 27.7. The van der Waals surface area contributed by atoms with Crippen molar-refractivity contribution < 1.29 is 13.5 Å². The highest BCUT2D eigenvalue weighted by Gasteiger charge is 2.32. The zero-order chi connectivity index (χ0) is 14.9. The fraction of sp³-hybridized carbons (Fsp3) is 0.571. The van der Waals surface area contributed by atoms with E-state index in [1.54, 1.807) is 22.5 Å².